The molecule has 2 amide bonds. The van der Waals surface area contributed by atoms with Gasteiger partial charge in [0.15, 0.2) is 0 Å². The van der Waals surface area contributed by atoms with Crippen molar-refractivity contribution in [2.45, 2.75) is 32.4 Å². The van der Waals surface area contributed by atoms with Gasteiger partial charge in [-0.15, -0.1) is 11.3 Å². The summed E-state index contributed by atoms with van der Waals surface area (Å²) in [5.41, 5.74) is 3.35. The molecule has 0 aromatic carbocycles. The van der Waals surface area contributed by atoms with E-state index in [1.165, 1.54) is 18.3 Å². The molecule has 2 aromatic rings. The third-order valence-electron chi connectivity index (χ3n) is 3.84. The fourth-order valence-corrected chi connectivity index (χ4v) is 3.35. The predicted octanol–water partition coefficient (Wildman–Crippen LogP) is 2.15. The van der Waals surface area contributed by atoms with Crippen molar-refractivity contribution >= 4 is 23.2 Å². The van der Waals surface area contributed by atoms with Gasteiger partial charge in [-0.3, -0.25) is 19.6 Å². The number of amides is 2. The first-order chi connectivity index (χ1) is 11.1. The van der Waals surface area contributed by atoms with Gasteiger partial charge in [0.05, 0.1) is 35.7 Å². The molecule has 120 valence electrons. The number of aromatic nitrogens is 2. The molecule has 1 saturated heterocycles. The average molecular weight is 330 g/mol. The van der Waals surface area contributed by atoms with E-state index in [9.17, 15) is 9.59 Å². The normalized spacial score (nSPS) is 17.3. The maximum absolute atomic E-state index is 12.6. The number of carbonyl (C=O) groups is 2. The van der Waals surface area contributed by atoms with Crippen molar-refractivity contribution in [2.24, 2.45) is 0 Å². The van der Waals surface area contributed by atoms with E-state index in [1.54, 1.807) is 11.7 Å². The molecule has 0 saturated carbocycles. The molecule has 3 heterocycles. The minimum absolute atomic E-state index is 0.0121. The maximum Gasteiger partial charge on any atom is 0.266 e. The third-order valence-corrected chi connectivity index (χ3v) is 4.61. The molecule has 0 aliphatic carbocycles. The van der Waals surface area contributed by atoms with Gasteiger partial charge < -0.3 is 10.2 Å². The van der Waals surface area contributed by atoms with E-state index < -0.39 is 0 Å². The molecule has 1 N–H and O–H groups in total. The van der Waals surface area contributed by atoms with Crippen LogP contribution in [0.1, 0.15) is 46.9 Å². The van der Waals surface area contributed by atoms with Crippen LogP contribution in [0.2, 0.25) is 0 Å². The Kier molecular flexibility index (Phi) is 4.66. The molecular formula is C16H18N4O2S. The van der Waals surface area contributed by atoms with Crippen LogP contribution in [-0.2, 0) is 11.3 Å². The molecule has 1 aliphatic rings. The minimum Gasteiger partial charge on any atom is -0.351 e. The number of nitrogens with zero attached hydrogens (tertiary/aromatic N) is 3. The highest BCUT2D eigenvalue weighted by atomic mass is 32.1. The summed E-state index contributed by atoms with van der Waals surface area (Å²) in [5.74, 6) is -0.0656. The summed E-state index contributed by atoms with van der Waals surface area (Å²) in [4.78, 5) is 34.8. The number of hydrogen-bond donors (Lipinski definition) is 1. The highest BCUT2D eigenvalue weighted by Crippen LogP contribution is 2.32. The third kappa shape index (κ3) is 3.56. The molecule has 1 atom stereocenters. The number of thiazole rings is 1. The quantitative estimate of drug-likeness (QED) is 0.932. The first-order valence-electron chi connectivity index (χ1n) is 7.55. The van der Waals surface area contributed by atoms with Gasteiger partial charge in [0.2, 0.25) is 5.91 Å². The number of likely N-dealkylation sites (tertiary alicyclic amines) is 1. The van der Waals surface area contributed by atoms with Gasteiger partial charge in [0.1, 0.15) is 4.88 Å². The summed E-state index contributed by atoms with van der Waals surface area (Å²) >= 11 is 1.36. The highest BCUT2D eigenvalue weighted by Gasteiger charge is 2.32. The van der Waals surface area contributed by atoms with E-state index in [-0.39, 0.29) is 17.9 Å². The van der Waals surface area contributed by atoms with Crippen molar-refractivity contribution in [2.75, 3.05) is 6.54 Å². The van der Waals surface area contributed by atoms with Gasteiger partial charge in [0.25, 0.3) is 5.91 Å². The molecule has 0 spiro atoms. The number of nitrogens with one attached hydrogen (secondary N) is 1. The average Bonchev–Trinajstić information content (AvgIpc) is 3.23. The van der Waals surface area contributed by atoms with Crippen LogP contribution in [0, 0.1) is 0 Å². The Morgan fingerprint density at radius 2 is 2.30 bits per heavy atom. The molecule has 1 fully saturated rings. The Bertz CT molecular complexity index is 702. The zero-order valence-corrected chi connectivity index (χ0v) is 13.7. The van der Waals surface area contributed by atoms with Crippen LogP contribution < -0.4 is 5.32 Å². The van der Waals surface area contributed by atoms with Gasteiger partial charge in [-0.1, -0.05) is 6.07 Å². The smallest absolute Gasteiger partial charge is 0.266 e. The lowest BCUT2D eigenvalue weighted by Gasteiger charge is -2.24. The van der Waals surface area contributed by atoms with Crippen LogP contribution in [0.3, 0.4) is 0 Å². The minimum atomic E-state index is -0.0833. The SMILES string of the molecule is CC(=O)NCc1cccc([C@H]2CCCN2C(=O)c2cncs2)n1. The van der Waals surface area contributed by atoms with Crippen LogP contribution >= 0.6 is 11.3 Å². The molecule has 0 bridgehead atoms. The Balaban J connectivity index is 1.78. The van der Waals surface area contributed by atoms with Crippen molar-refractivity contribution in [1.29, 1.82) is 0 Å². The number of pyridine rings is 1. The van der Waals surface area contributed by atoms with Crippen molar-refractivity contribution < 1.29 is 9.59 Å². The van der Waals surface area contributed by atoms with Crippen LogP contribution in [0.25, 0.3) is 0 Å². The summed E-state index contributed by atoms with van der Waals surface area (Å²) in [5, 5.41) is 2.75. The molecular weight excluding hydrogens is 312 g/mol. The number of hydrogen-bond acceptors (Lipinski definition) is 5. The first kappa shape index (κ1) is 15.6. The van der Waals surface area contributed by atoms with Crippen molar-refractivity contribution in [3.8, 4) is 0 Å². The van der Waals surface area contributed by atoms with Crippen LogP contribution in [0.4, 0.5) is 0 Å². The van der Waals surface area contributed by atoms with Gasteiger partial charge in [-0.2, -0.15) is 0 Å². The van der Waals surface area contributed by atoms with E-state index in [4.69, 9.17) is 0 Å². The second-order valence-electron chi connectivity index (χ2n) is 5.49. The highest BCUT2D eigenvalue weighted by molar-refractivity contribution is 7.11. The molecule has 7 heteroatoms. The molecule has 1 aliphatic heterocycles. The lowest BCUT2D eigenvalue weighted by atomic mass is 10.1. The van der Waals surface area contributed by atoms with Crippen LogP contribution in [0.5, 0.6) is 0 Å². The first-order valence-corrected chi connectivity index (χ1v) is 8.43. The summed E-state index contributed by atoms with van der Waals surface area (Å²) < 4.78 is 0. The predicted molar refractivity (Wildman–Crippen MR) is 86.9 cm³/mol. The monoisotopic (exact) mass is 330 g/mol. The van der Waals surface area contributed by atoms with Gasteiger partial charge in [-0.25, -0.2) is 0 Å². The summed E-state index contributed by atoms with van der Waals surface area (Å²) in [6.07, 6.45) is 3.48. The Hall–Kier alpha value is -2.28. The van der Waals surface area contributed by atoms with E-state index in [0.29, 0.717) is 11.4 Å². The molecule has 0 radical (unpaired) electrons. The zero-order chi connectivity index (χ0) is 16.2. The largest absolute Gasteiger partial charge is 0.351 e. The van der Waals surface area contributed by atoms with Gasteiger partial charge in [0, 0.05) is 13.5 Å². The van der Waals surface area contributed by atoms with Crippen LogP contribution in [-0.4, -0.2) is 33.2 Å². The topological polar surface area (TPSA) is 75.2 Å². The van der Waals surface area contributed by atoms with Crippen LogP contribution in [0.15, 0.2) is 29.9 Å². The fraction of sp³-hybridized carbons (Fsp3) is 0.375. The lowest BCUT2D eigenvalue weighted by molar-refractivity contribution is -0.119. The number of rotatable bonds is 4. The van der Waals surface area contributed by atoms with Crippen molar-refractivity contribution in [1.82, 2.24) is 20.2 Å². The van der Waals surface area contributed by atoms with E-state index in [2.05, 4.69) is 15.3 Å². The second kappa shape index (κ2) is 6.87. The molecule has 2 aromatic heterocycles. The fourth-order valence-electron chi connectivity index (χ4n) is 2.78. The second-order valence-corrected chi connectivity index (χ2v) is 6.37. The summed E-state index contributed by atoms with van der Waals surface area (Å²) in [6, 6.07) is 5.73. The maximum atomic E-state index is 12.6. The van der Waals surface area contributed by atoms with Gasteiger partial charge in [-0.05, 0) is 25.0 Å². The standard InChI is InChI=1S/C16H18N4O2S/c1-11(21)18-8-12-4-2-5-13(19-12)14-6-3-7-20(14)16(22)15-9-17-10-23-15/h2,4-5,9-10,14H,3,6-8H2,1H3,(H,18,21)/t14-/m1/s1. The molecule has 0 unspecified atom stereocenters. The Morgan fingerprint density at radius 3 is 3.04 bits per heavy atom. The van der Waals surface area contributed by atoms with E-state index >= 15 is 0 Å². The zero-order valence-electron chi connectivity index (χ0n) is 12.9. The van der Waals surface area contributed by atoms with Gasteiger partial charge >= 0.3 is 0 Å². The lowest BCUT2D eigenvalue weighted by Crippen LogP contribution is -2.30. The van der Waals surface area contributed by atoms with Crippen molar-refractivity contribution in [3.63, 3.8) is 0 Å². The summed E-state index contributed by atoms with van der Waals surface area (Å²) in [7, 11) is 0. The van der Waals surface area contributed by atoms with E-state index in [0.717, 1.165) is 30.8 Å². The molecule has 3 rings (SSSR count). The molecule has 6 nitrogen and oxygen atoms in total. The van der Waals surface area contributed by atoms with E-state index in [1.807, 2.05) is 23.1 Å². The van der Waals surface area contributed by atoms with Crippen molar-refractivity contribution in [3.05, 3.63) is 46.2 Å². The Morgan fingerprint density at radius 1 is 1.43 bits per heavy atom. The Labute approximate surface area is 138 Å². The number of carbonyl (C=O) groups excluding carboxylic acids is 2. The molecule has 23 heavy (non-hydrogen) atoms. The summed E-state index contributed by atoms with van der Waals surface area (Å²) in [6.45, 7) is 2.62.